The summed E-state index contributed by atoms with van der Waals surface area (Å²) in [5, 5.41) is 4.00. The van der Waals surface area contributed by atoms with Gasteiger partial charge < -0.3 is 10.5 Å². The Labute approximate surface area is 82.6 Å². The number of nitrogens with two attached hydrogens (primary N) is 1. The van der Waals surface area contributed by atoms with Gasteiger partial charge in [0.05, 0.1) is 11.6 Å². The van der Waals surface area contributed by atoms with Gasteiger partial charge >= 0.3 is 0 Å². The minimum atomic E-state index is 0.421. The van der Waals surface area contributed by atoms with Crippen molar-refractivity contribution < 1.29 is 4.74 Å². The van der Waals surface area contributed by atoms with Crippen LogP contribution in [-0.4, -0.2) is 21.7 Å². The third-order valence-electron chi connectivity index (χ3n) is 1.71. The van der Waals surface area contributed by atoms with Crippen LogP contribution in [0.4, 0.5) is 5.82 Å². The van der Waals surface area contributed by atoms with Crippen LogP contribution in [0.25, 0.3) is 5.52 Å². The normalized spacial score (nSPS) is 10.6. The van der Waals surface area contributed by atoms with Crippen molar-refractivity contribution in [1.82, 2.24) is 14.6 Å². The summed E-state index contributed by atoms with van der Waals surface area (Å²) in [5.41, 5.74) is 6.39. The van der Waals surface area contributed by atoms with Crippen molar-refractivity contribution in [3.05, 3.63) is 16.9 Å². The second kappa shape index (κ2) is 2.88. The number of ether oxygens (including phenoxy) is 1. The van der Waals surface area contributed by atoms with Crippen molar-refractivity contribution in [2.45, 2.75) is 0 Å². The molecule has 0 aliphatic rings. The molecular weight excluding hydrogens is 236 g/mol. The minimum absolute atomic E-state index is 0.421. The van der Waals surface area contributed by atoms with Crippen molar-refractivity contribution in [3.63, 3.8) is 0 Å². The predicted octanol–water partition coefficient (Wildman–Crippen LogP) is 1.08. The molecule has 2 heterocycles. The first-order chi connectivity index (χ1) is 6.24. The average molecular weight is 243 g/mol. The van der Waals surface area contributed by atoms with E-state index in [2.05, 4.69) is 26.0 Å². The number of hydrogen-bond donors (Lipinski definition) is 1. The largest absolute Gasteiger partial charge is 0.481 e. The Kier molecular flexibility index (Phi) is 1.84. The number of methoxy groups -OCH3 is 1. The van der Waals surface area contributed by atoms with Crippen molar-refractivity contribution in [1.29, 1.82) is 0 Å². The van der Waals surface area contributed by atoms with E-state index in [4.69, 9.17) is 10.5 Å². The maximum absolute atomic E-state index is 5.67. The van der Waals surface area contributed by atoms with E-state index in [9.17, 15) is 0 Å². The second-order valence-electron chi connectivity index (χ2n) is 2.44. The highest BCUT2D eigenvalue weighted by Gasteiger charge is 2.10. The molecule has 2 aromatic rings. The Morgan fingerprint density at radius 2 is 2.38 bits per heavy atom. The van der Waals surface area contributed by atoms with Gasteiger partial charge in [0.15, 0.2) is 5.82 Å². The monoisotopic (exact) mass is 242 g/mol. The van der Waals surface area contributed by atoms with Crippen molar-refractivity contribution in [2.24, 2.45) is 0 Å². The number of rotatable bonds is 1. The van der Waals surface area contributed by atoms with Gasteiger partial charge in [-0.1, -0.05) is 0 Å². The summed E-state index contributed by atoms with van der Waals surface area (Å²) >= 11 is 3.35. The van der Waals surface area contributed by atoms with Crippen molar-refractivity contribution in [2.75, 3.05) is 12.8 Å². The molecule has 13 heavy (non-hydrogen) atoms. The first-order valence-electron chi connectivity index (χ1n) is 3.55. The fourth-order valence-corrected chi connectivity index (χ4v) is 1.71. The molecule has 0 aromatic carbocycles. The number of nitrogen functional groups attached to an aromatic ring is 1. The molecule has 0 saturated heterocycles. The Hall–Kier alpha value is -1.30. The van der Waals surface area contributed by atoms with Gasteiger partial charge in [0.25, 0.3) is 0 Å². The first-order valence-corrected chi connectivity index (χ1v) is 4.35. The van der Waals surface area contributed by atoms with Gasteiger partial charge in [-0.15, -0.1) is 0 Å². The smallest absolute Gasteiger partial charge is 0.216 e. The van der Waals surface area contributed by atoms with Gasteiger partial charge in [-0.2, -0.15) is 9.61 Å². The molecule has 0 radical (unpaired) electrons. The fraction of sp³-hybridized carbons (Fsp3) is 0.143. The van der Waals surface area contributed by atoms with E-state index in [1.165, 1.54) is 6.33 Å². The number of hydrogen-bond acceptors (Lipinski definition) is 4. The van der Waals surface area contributed by atoms with Crippen LogP contribution in [0.2, 0.25) is 0 Å². The first kappa shape index (κ1) is 8.31. The Morgan fingerprint density at radius 3 is 3.08 bits per heavy atom. The van der Waals surface area contributed by atoms with Gasteiger partial charge in [0.1, 0.15) is 11.8 Å². The summed E-state index contributed by atoms with van der Waals surface area (Å²) in [4.78, 5) is 3.88. The summed E-state index contributed by atoms with van der Waals surface area (Å²) in [6, 6.07) is 1.79. The van der Waals surface area contributed by atoms with Gasteiger partial charge in [-0.3, -0.25) is 0 Å². The molecule has 5 nitrogen and oxygen atoms in total. The molecule has 6 heteroatoms. The molecule has 2 N–H and O–H groups in total. The molecule has 0 fully saturated rings. The highest BCUT2D eigenvalue weighted by atomic mass is 79.9. The van der Waals surface area contributed by atoms with Crippen molar-refractivity contribution in [3.8, 4) is 5.88 Å². The molecule has 0 unspecified atom stereocenters. The Morgan fingerprint density at radius 1 is 1.62 bits per heavy atom. The van der Waals surface area contributed by atoms with E-state index < -0.39 is 0 Å². The van der Waals surface area contributed by atoms with Crippen LogP contribution >= 0.6 is 15.9 Å². The Balaban J connectivity index is 2.87. The molecule has 0 aliphatic heterocycles. The van der Waals surface area contributed by atoms with Gasteiger partial charge in [0, 0.05) is 6.07 Å². The molecule has 0 spiro atoms. The minimum Gasteiger partial charge on any atom is -0.481 e. The van der Waals surface area contributed by atoms with Gasteiger partial charge in [-0.05, 0) is 15.9 Å². The molecule has 0 bridgehead atoms. The zero-order valence-corrected chi connectivity index (χ0v) is 8.45. The maximum atomic E-state index is 5.67. The number of nitrogens with zero attached hydrogens (tertiary/aromatic N) is 3. The fourth-order valence-electron chi connectivity index (χ4n) is 1.14. The average Bonchev–Trinajstić information content (AvgIpc) is 2.44. The molecule has 0 saturated carbocycles. The molecular formula is C7H7BrN4O. The summed E-state index contributed by atoms with van der Waals surface area (Å²) in [6.07, 6.45) is 1.39. The van der Waals surface area contributed by atoms with E-state index in [0.717, 1.165) is 9.99 Å². The standard InChI is InChI=1S/C7H7BrN4O/c1-13-5-2-4(8)6-7(9)10-3-11-12(5)6/h2-3H,1H3,(H2,9,10,11). The lowest BCUT2D eigenvalue weighted by atomic mass is 10.5. The zero-order chi connectivity index (χ0) is 9.42. The van der Waals surface area contributed by atoms with Crippen LogP contribution in [0, 0.1) is 0 Å². The van der Waals surface area contributed by atoms with Crippen LogP contribution in [0.1, 0.15) is 0 Å². The number of halogens is 1. The lowest BCUT2D eigenvalue weighted by Crippen LogP contribution is -2.00. The summed E-state index contributed by atoms with van der Waals surface area (Å²) in [7, 11) is 1.58. The molecule has 0 aliphatic carbocycles. The molecule has 68 valence electrons. The Bertz CT molecular complexity index is 453. The lowest BCUT2D eigenvalue weighted by molar-refractivity contribution is 0.387. The third kappa shape index (κ3) is 1.14. The van der Waals surface area contributed by atoms with Crippen LogP contribution in [0.5, 0.6) is 5.88 Å². The SMILES string of the molecule is COc1cc(Br)c2c(N)ncnn12. The number of anilines is 1. The van der Waals surface area contributed by atoms with E-state index in [-0.39, 0.29) is 0 Å². The summed E-state index contributed by atoms with van der Waals surface area (Å²) in [6.45, 7) is 0. The summed E-state index contributed by atoms with van der Waals surface area (Å²) in [5.74, 6) is 1.04. The highest BCUT2D eigenvalue weighted by molar-refractivity contribution is 9.10. The molecule has 2 rings (SSSR count). The summed E-state index contributed by atoms with van der Waals surface area (Å²) < 4.78 is 7.50. The van der Waals surface area contributed by atoms with Crippen LogP contribution in [-0.2, 0) is 0 Å². The topological polar surface area (TPSA) is 65.4 Å². The van der Waals surface area contributed by atoms with E-state index in [0.29, 0.717) is 11.7 Å². The quantitative estimate of drug-likeness (QED) is 0.813. The second-order valence-corrected chi connectivity index (χ2v) is 3.29. The van der Waals surface area contributed by atoms with Crippen LogP contribution in [0.3, 0.4) is 0 Å². The number of aromatic nitrogens is 3. The van der Waals surface area contributed by atoms with Gasteiger partial charge in [-0.25, -0.2) is 4.98 Å². The predicted molar refractivity (Wildman–Crippen MR) is 51.7 cm³/mol. The molecule has 0 atom stereocenters. The van der Waals surface area contributed by atoms with Crippen LogP contribution in [0.15, 0.2) is 16.9 Å². The molecule has 2 aromatic heterocycles. The van der Waals surface area contributed by atoms with E-state index >= 15 is 0 Å². The van der Waals surface area contributed by atoms with E-state index in [1.54, 1.807) is 17.7 Å². The highest BCUT2D eigenvalue weighted by Crippen LogP contribution is 2.28. The third-order valence-corrected chi connectivity index (χ3v) is 2.32. The molecule has 0 amide bonds. The zero-order valence-electron chi connectivity index (χ0n) is 6.86. The van der Waals surface area contributed by atoms with Gasteiger partial charge in [0.2, 0.25) is 5.88 Å². The lowest BCUT2D eigenvalue weighted by Gasteiger charge is -1.99. The van der Waals surface area contributed by atoms with E-state index in [1.807, 2.05) is 0 Å². The number of fused-ring (bicyclic) bond motifs is 1. The van der Waals surface area contributed by atoms with Crippen molar-refractivity contribution >= 4 is 27.3 Å². The van der Waals surface area contributed by atoms with Crippen LogP contribution < -0.4 is 10.5 Å². The maximum Gasteiger partial charge on any atom is 0.216 e.